The number of aromatic nitrogens is 3. The van der Waals surface area contributed by atoms with E-state index < -0.39 is 5.76 Å². The normalized spacial score (nSPS) is 17.7. The summed E-state index contributed by atoms with van der Waals surface area (Å²) in [6, 6.07) is 7.23. The van der Waals surface area contributed by atoms with Crippen LogP contribution in [0.5, 0.6) is 0 Å². The molecule has 0 radical (unpaired) electrons. The van der Waals surface area contributed by atoms with E-state index >= 15 is 0 Å². The minimum atomic E-state index is -0.471. The van der Waals surface area contributed by atoms with Crippen LogP contribution >= 0.6 is 0 Å². The van der Waals surface area contributed by atoms with Crippen molar-refractivity contribution < 1.29 is 9.21 Å². The van der Waals surface area contributed by atoms with Gasteiger partial charge in [0.1, 0.15) is 12.4 Å². The van der Waals surface area contributed by atoms with Crippen molar-refractivity contribution in [1.29, 1.82) is 0 Å². The number of carbonyl (C=O) groups is 1. The first kappa shape index (κ1) is 19.2. The molecule has 7 heteroatoms. The van der Waals surface area contributed by atoms with Gasteiger partial charge in [-0.25, -0.2) is 9.78 Å². The molecule has 158 valence electrons. The molecule has 5 rings (SSSR count). The summed E-state index contributed by atoms with van der Waals surface area (Å²) in [4.78, 5) is 31.4. The van der Waals surface area contributed by atoms with Gasteiger partial charge in [0.05, 0.1) is 5.52 Å². The van der Waals surface area contributed by atoms with E-state index in [-0.39, 0.29) is 12.5 Å². The Morgan fingerprint density at radius 1 is 1.13 bits per heavy atom. The maximum atomic E-state index is 12.8. The fraction of sp³-hybridized carbons (Fsp3) is 0.522. The van der Waals surface area contributed by atoms with Crippen molar-refractivity contribution in [3.8, 4) is 0 Å². The lowest BCUT2D eigenvalue weighted by Gasteiger charge is -2.32. The van der Waals surface area contributed by atoms with E-state index in [0.717, 1.165) is 38.9 Å². The Balaban J connectivity index is 1.16. The number of imidazole rings is 1. The van der Waals surface area contributed by atoms with Gasteiger partial charge < -0.3 is 13.9 Å². The number of oxazole rings is 1. The van der Waals surface area contributed by atoms with Crippen LogP contribution in [0.15, 0.2) is 39.7 Å². The molecular formula is C23H28N4O3. The molecule has 0 N–H and O–H groups in total. The number of hydrogen-bond acceptors (Lipinski definition) is 4. The quantitative estimate of drug-likeness (QED) is 0.627. The van der Waals surface area contributed by atoms with E-state index in [0.29, 0.717) is 22.9 Å². The molecule has 7 nitrogen and oxygen atoms in total. The molecule has 3 aromatic rings. The molecule has 1 aromatic carbocycles. The fourth-order valence-electron chi connectivity index (χ4n) is 4.62. The van der Waals surface area contributed by atoms with Crippen molar-refractivity contribution in [3.63, 3.8) is 0 Å². The Labute approximate surface area is 175 Å². The highest BCUT2D eigenvalue weighted by Gasteiger charge is 2.29. The third-order valence-corrected chi connectivity index (χ3v) is 6.62. The molecule has 0 atom stereocenters. The number of para-hydroxylation sites is 2. The van der Waals surface area contributed by atoms with Crippen LogP contribution in [0.2, 0.25) is 0 Å². The van der Waals surface area contributed by atoms with E-state index in [1.165, 1.54) is 28.9 Å². The summed E-state index contributed by atoms with van der Waals surface area (Å²) in [7, 11) is 0. The summed E-state index contributed by atoms with van der Waals surface area (Å²) in [5, 5.41) is 0. The zero-order valence-electron chi connectivity index (χ0n) is 17.4. The molecule has 0 spiro atoms. The lowest BCUT2D eigenvalue weighted by atomic mass is 9.93. The van der Waals surface area contributed by atoms with Crippen molar-refractivity contribution in [1.82, 2.24) is 19.0 Å². The molecule has 2 fully saturated rings. The number of benzene rings is 1. The number of hydrogen-bond donors (Lipinski definition) is 0. The lowest BCUT2D eigenvalue weighted by Crippen LogP contribution is -2.41. The molecule has 0 bridgehead atoms. The van der Waals surface area contributed by atoms with Crippen molar-refractivity contribution in [3.05, 3.63) is 52.5 Å². The summed E-state index contributed by atoms with van der Waals surface area (Å²) in [5.74, 6) is 2.07. The summed E-state index contributed by atoms with van der Waals surface area (Å²) < 4.78 is 9.07. The second kappa shape index (κ2) is 7.78. The highest BCUT2D eigenvalue weighted by Crippen LogP contribution is 2.39. The van der Waals surface area contributed by atoms with E-state index in [1.54, 1.807) is 6.07 Å². The number of aryl methyl sites for hydroxylation is 1. The Morgan fingerprint density at radius 3 is 2.67 bits per heavy atom. The molecule has 0 unspecified atom stereocenters. The third kappa shape index (κ3) is 3.68. The van der Waals surface area contributed by atoms with Crippen molar-refractivity contribution in [2.75, 3.05) is 13.1 Å². The van der Waals surface area contributed by atoms with Gasteiger partial charge in [-0.1, -0.05) is 12.1 Å². The zero-order valence-corrected chi connectivity index (χ0v) is 17.4. The number of carbonyl (C=O) groups excluding carboxylic acids is 1. The predicted molar refractivity (Wildman–Crippen MR) is 113 cm³/mol. The molecular weight excluding hydrogens is 380 g/mol. The number of rotatable bonds is 6. The van der Waals surface area contributed by atoms with Gasteiger partial charge in [0.15, 0.2) is 5.58 Å². The van der Waals surface area contributed by atoms with Gasteiger partial charge in [0.25, 0.3) is 0 Å². The van der Waals surface area contributed by atoms with Crippen molar-refractivity contribution in [2.45, 2.75) is 58.0 Å². The van der Waals surface area contributed by atoms with Crippen molar-refractivity contribution >= 4 is 17.0 Å². The maximum absolute atomic E-state index is 12.8. The Morgan fingerprint density at radius 2 is 1.90 bits per heavy atom. The molecule has 1 aliphatic carbocycles. The molecule has 2 aliphatic rings. The standard InChI is InChI=1S/C23H28N4O3/c1-16-14-24-22(18-6-7-18)26(16)13-10-17-8-11-25(12-9-17)21(28)15-27-19-4-2-3-5-20(19)30-23(27)29/h2-5,14,17-18H,6-13,15H2,1H3. The predicted octanol–water partition coefficient (Wildman–Crippen LogP) is 3.31. The van der Waals surface area contributed by atoms with Crippen molar-refractivity contribution in [2.24, 2.45) is 5.92 Å². The van der Waals surface area contributed by atoms with E-state index in [2.05, 4.69) is 16.5 Å². The van der Waals surface area contributed by atoms with Gasteiger partial charge in [0, 0.05) is 37.4 Å². The number of piperidine rings is 1. The molecule has 1 amide bonds. The smallest absolute Gasteiger partial charge is 0.408 e. The lowest BCUT2D eigenvalue weighted by molar-refractivity contribution is -0.133. The van der Waals surface area contributed by atoms with Crippen LogP contribution in [0, 0.1) is 12.8 Å². The van der Waals surface area contributed by atoms with Crippen LogP contribution in [0.25, 0.3) is 11.1 Å². The molecule has 1 aliphatic heterocycles. The first-order valence-electron chi connectivity index (χ1n) is 11.0. The monoisotopic (exact) mass is 408 g/mol. The molecule has 2 aromatic heterocycles. The first-order chi connectivity index (χ1) is 14.6. The third-order valence-electron chi connectivity index (χ3n) is 6.62. The number of amides is 1. The Hall–Kier alpha value is -2.83. The summed E-state index contributed by atoms with van der Waals surface area (Å²) in [6.45, 7) is 4.71. The van der Waals surface area contributed by atoms with E-state index in [9.17, 15) is 9.59 Å². The first-order valence-corrected chi connectivity index (χ1v) is 11.0. The SMILES string of the molecule is Cc1cnc(C2CC2)n1CCC1CCN(C(=O)Cn2c(=O)oc3ccccc32)CC1. The van der Waals surface area contributed by atoms with Crippen LogP contribution in [0.3, 0.4) is 0 Å². The summed E-state index contributed by atoms with van der Waals surface area (Å²) in [5.41, 5.74) is 2.45. The number of fused-ring (bicyclic) bond motifs is 1. The average Bonchev–Trinajstić information content (AvgIpc) is 3.47. The van der Waals surface area contributed by atoms with Crippen LogP contribution in [0.1, 0.15) is 49.5 Å². The Bertz CT molecular complexity index is 1110. The topological polar surface area (TPSA) is 73.3 Å². The van der Waals surface area contributed by atoms with Crippen LogP contribution < -0.4 is 5.76 Å². The highest BCUT2D eigenvalue weighted by atomic mass is 16.4. The number of likely N-dealkylation sites (tertiary alicyclic amines) is 1. The molecule has 1 saturated carbocycles. The van der Waals surface area contributed by atoms with E-state index in [1.807, 2.05) is 29.3 Å². The van der Waals surface area contributed by atoms with Gasteiger partial charge in [-0.3, -0.25) is 9.36 Å². The maximum Gasteiger partial charge on any atom is 0.420 e. The summed E-state index contributed by atoms with van der Waals surface area (Å²) >= 11 is 0. The van der Waals surface area contributed by atoms with E-state index in [4.69, 9.17) is 4.42 Å². The fourth-order valence-corrected chi connectivity index (χ4v) is 4.62. The van der Waals surface area contributed by atoms with Gasteiger partial charge >= 0.3 is 5.76 Å². The zero-order chi connectivity index (χ0) is 20.7. The number of nitrogens with zero attached hydrogens (tertiary/aromatic N) is 4. The minimum Gasteiger partial charge on any atom is -0.408 e. The van der Waals surface area contributed by atoms with Gasteiger partial charge in [-0.2, -0.15) is 0 Å². The molecule has 3 heterocycles. The molecule has 1 saturated heterocycles. The second-order valence-corrected chi connectivity index (χ2v) is 8.72. The van der Waals surface area contributed by atoms with Gasteiger partial charge in [-0.15, -0.1) is 0 Å². The average molecular weight is 409 g/mol. The second-order valence-electron chi connectivity index (χ2n) is 8.72. The minimum absolute atomic E-state index is 0.0106. The molecule has 30 heavy (non-hydrogen) atoms. The van der Waals surface area contributed by atoms with Crippen LogP contribution in [-0.2, 0) is 17.9 Å². The highest BCUT2D eigenvalue weighted by molar-refractivity contribution is 5.79. The van der Waals surface area contributed by atoms with Crippen LogP contribution in [0.4, 0.5) is 0 Å². The van der Waals surface area contributed by atoms with Crippen LogP contribution in [-0.4, -0.2) is 38.0 Å². The van der Waals surface area contributed by atoms with Gasteiger partial charge in [0.2, 0.25) is 5.91 Å². The summed E-state index contributed by atoms with van der Waals surface area (Å²) in [6.07, 6.45) is 7.69. The van der Waals surface area contributed by atoms with Gasteiger partial charge in [-0.05, 0) is 57.1 Å². The Kier molecular flexibility index (Phi) is 4.97. The largest absolute Gasteiger partial charge is 0.420 e.